The van der Waals surface area contributed by atoms with Crippen molar-refractivity contribution in [1.82, 2.24) is 4.90 Å². The van der Waals surface area contributed by atoms with Gasteiger partial charge >= 0.3 is 0 Å². The number of aliphatic hydroxyl groups excluding tert-OH is 1. The number of hydrogen-bond acceptors (Lipinski definition) is 5. The molecule has 1 atom stereocenters. The maximum absolute atomic E-state index is 10.8. The lowest BCUT2D eigenvalue weighted by Gasteiger charge is -2.37. The first-order valence-electron chi connectivity index (χ1n) is 6.98. The number of nitrogens with zero attached hydrogens (tertiary/aromatic N) is 3. The standard InChI is InChI=1S/C14H20ClN3O3/c1-10-7-12(18(20)21)8-13(15)14(10)17-5-3-16(4-6-17)9-11(2)19/h7-8,11,19H,3-6,9H2,1-2H3/t11-/m0/s1. The zero-order valence-corrected chi connectivity index (χ0v) is 13.0. The average Bonchev–Trinajstić information content (AvgIpc) is 2.39. The fourth-order valence-electron chi connectivity index (χ4n) is 2.75. The second kappa shape index (κ2) is 6.60. The van der Waals surface area contributed by atoms with Gasteiger partial charge in [0, 0.05) is 44.9 Å². The van der Waals surface area contributed by atoms with E-state index in [1.165, 1.54) is 6.07 Å². The molecule has 2 rings (SSSR count). The molecule has 1 aliphatic heterocycles. The third-order valence-electron chi connectivity index (χ3n) is 3.66. The largest absolute Gasteiger partial charge is 0.392 e. The second-order valence-corrected chi connectivity index (χ2v) is 5.89. The van der Waals surface area contributed by atoms with Crippen molar-refractivity contribution in [3.8, 4) is 0 Å². The minimum atomic E-state index is -0.427. The summed E-state index contributed by atoms with van der Waals surface area (Å²) in [6.45, 7) is 7.58. The first-order chi connectivity index (χ1) is 9.88. The molecule has 7 heteroatoms. The molecular formula is C14H20ClN3O3. The zero-order valence-electron chi connectivity index (χ0n) is 12.3. The summed E-state index contributed by atoms with van der Waals surface area (Å²) >= 11 is 6.23. The normalized spacial score (nSPS) is 17.8. The van der Waals surface area contributed by atoms with Crippen molar-refractivity contribution in [2.75, 3.05) is 37.6 Å². The molecule has 116 valence electrons. The van der Waals surface area contributed by atoms with Gasteiger partial charge in [-0.15, -0.1) is 0 Å². The van der Waals surface area contributed by atoms with Crippen molar-refractivity contribution < 1.29 is 10.0 Å². The summed E-state index contributed by atoms with van der Waals surface area (Å²) in [5.41, 5.74) is 1.71. The molecule has 0 aromatic heterocycles. The maximum atomic E-state index is 10.8. The van der Waals surface area contributed by atoms with Crippen LogP contribution in [0.3, 0.4) is 0 Å². The number of non-ortho nitro benzene ring substituents is 1. The van der Waals surface area contributed by atoms with E-state index in [-0.39, 0.29) is 11.8 Å². The van der Waals surface area contributed by atoms with Crippen LogP contribution in [-0.2, 0) is 0 Å². The second-order valence-electron chi connectivity index (χ2n) is 5.49. The van der Waals surface area contributed by atoms with E-state index in [1.54, 1.807) is 13.0 Å². The molecule has 21 heavy (non-hydrogen) atoms. The van der Waals surface area contributed by atoms with Crippen LogP contribution in [0.1, 0.15) is 12.5 Å². The number of halogens is 1. The van der Waals surface area contributed by atoms with Crippen LogP contribution in [-0.4, -0.2) is 53.8 Å². The number of β-amino-alcohol motifs (C(OH)–C–C–N with tert-alkyl or cyclic N) is 1. The Morgan fingerprint density at radius 2 is 2.00 bits per heavy atom. The van der Waals surface area contributed by atoms with Crippen molar-refractivity contribution in [3.05, 3.63) is 32.8 Å². The molecule has 1 aliphatic rings. The quantitative estimate of drug-likeness (QED) is 0.680. The Balaban J connectivity index is 2.12. The summed E-state index contributed by atoms with van der Waals surface area (Å²) in [7, 11) is 0. The van der Waals surface area contributed by atoms with Crippen molar-refractivity contribution in [2.45, 2.75) is 20.0 Å². The van der Waals surface area contributed by atoms with E-state index in [0.717, 1.165) is 37.4 Å². The minimum absolute atomic E-state index is 0.0222. The predicted molar refractivity (Wildman–Crippen MR) is 83.2 cm³/mol. The lowest BCUT2D eigenvalue weighted by molar-refractivity contribution is -0.384. The van der Waals surface area contributed by atoms with E-state index >= 15 is 0 Å². The Morgan fingerprint density at radius 1 is 1.38 bits per heavy atom. The topological polar surface area (TPSA) is 69.9 Å². The highest BCUT2D eigenvalue weighted by Gasteiger charge is 2.22. The van der Waals surface area contributed by atoms with Crippen LogP contribution in [0.25, 0.3) is 0 Å². The third-order valence-corrected chi connectivity index (χ3v) is 3.95. The molecule has 1 aromatic carbocycles. The molecule has 1 aromatic rings. The molecule has 1 saturated heterocycles. The van der Waals surface area contributed by atoms with Crippen LogP contribution < -0.4 is 4.90 Å². The van der Waals surface area contributed by atoms with Gasteiger partial charge in [0.1, 0.15) is 0 Å². The number of piperazine rings is 1. The number of benzene rings is 1. The highest BCUT2D eigenvalue weighted by molar-refractivity contribution is 6.33. The van der Waals surface area contributed by atoms with Crippen LogP contribution in [0.2, 0.25) is 5.02 Å². The molecule has 0 saturated carbocycles. The molecule has 1 heterocycles. The summed E-state index contributed by atoms with van der Waals surface area (Å²) in [5, 5.41) is 20.7. The van der Waals surface area contributed by atoms with Crippen LogP contribution in [0.15, 0.2) is 12.1 Å². The first-order valence-corrected chi connectivity index (χ1v) is 7.36. The van der Waals surface area contributed by atoms with E-state index in [0.29, 0.717) is 11.6 Å². The van der Waals surface area contributed by atoms with Gasteiger partial charge in [0.2, 0.25) is 0 Å². The van der Waals surface area contributed by atoms with E-state index in [9.17, 15) is 15.2 Å². The lowest BCUT2D eigenvalue weighted by Crippen LogP contribution is -2.48. The molecular weight excluding hydrogens is 294 g/mol. The first kappa shape index (κ1) is 16.0. The summed E-state index contributed by atoms with van der Waals surface area (Å²) in [6.07, 6.45) is -0.332. The summed E-state index contributed by atoms with van der Waals surface area (Å²) < 4.78 is 0. The van der Waals surface area contributed by atoms with E-state index < -0.39 is 4.92 Å². The maximum Gasteiger partial charge on any atom is 0.271 e. The van der Waals surface area contributed by atoms with Crippen molar-refractivity contribution in [2.24, 2.45) is 0 Å². The Morgan fingerprint density at radius 3 is 2.48 bits per heavy atom. The fourth-order valence-corrected chi connectivity index (χ4v) is 3.13. The lowest BCUT2D eigenvalue weighted by atomic mass is 10.1. The van der Waals surface area contributed by atoms with Crippen molar-refractivity contribution >= 4 is 23.0 Å². The van der Waals surface area contributed by atoms with Gasteiger partial charge < -0.3 is 10.0 Å². The average molecular weight is 314 g/mol. The highest BCUT2D eigenvalue weighted by atomic mass is 35.5. The molecule has 1 fully saturated rings. The van der Waals surface area contributed by atoms with Crippen LogP contribution in [0.4, 0.5) is 11.4 Å². The van der Waals surface area contributed by atoms with Gasteiger partial charge in [0.25, 0.3) is 5.69 Å². The Kier molecular flexibility index (Phi) is 5.03. The molecule has 0 bridgehead atoms. The SMILES string of the molecule is Cc1cc([N+](=O)[O-])cc(Cl)c1N1CCN(C[C@H](C)O)CC1. The molecule has 0 aliphatic carbocycles. The summed E-state index contributed by atoms with van der Waals surface area (Å²) in [6, 6.07) is 2.97. The Bertz CT molecular complexity index is 505. The van der Waals surface area contributed by atoms with Crippen molar-refractivity contribution in [3.63, 3.8) is 0 Å². The zero-order chi connectivity index (χ0) is 15.6. The predicted octanol–water partition coefficient (Wildman–Crippen LogP) is 2.06. The summed E-state index contributed by atoms with van der Waals surface area (Å²) in [5.74, 6) is 0. The Labute approximate surface area is 129 Å². The van der Waals surface area contributed by atoms with E-state index in [4.69, 9.17) is 11.6 Å². The smallest absolute Gasteiger partial charge is 0.271 e. The van der Waals surface area contributed by atoms with Crippen molar-refractivity contribution in [1.29, 1.82) is 0 Å². The summed E-state index contributed by atoms with van der Waals surface area (Å²) in [4.78, 5) is 14.8. The molecule has 0 radical (unpaired) electrons. The highest BCUT2D eigenvalue weighted by Crippen LogP contribution is 2.34. The number of rotatable bonds is 4. The number of nitro benzene ring substituents is 1. The Hall–Kier alpha value is -1.37. The van der Waals surface area contributed by atoms with Crippen LogP contribution in [0, 0.1) is 17.0 Å². The monoisotopic (exact) mass is 313 g/mol. The number of aryl methyl sites for hydroxylation is 1. The van der Waals surface area contributed by atoms with Gasteiger partial charge in [-0.1, -0.05) is 11.6 Å². The van der Waals surface area contributed by atoms with Crippen LogP contribution >= 0.6 is 11.6 Å². The number of hydrogen-bond donors (Lipinski definition) is 1. The van der Waals surface area contributed by atoms with Gasteiger partial charge in [-0.2, -0.15) is 0 Å². The molecule has 6 nitrogen and oxygen atoms in total. The molecule has 0 amide bonds. The van der Waals surface area contributed by atoms with Gasteiger partial charge in [0.05, 0.1) is 21.7 Å². The number of aliphatic hydroxyl groups is 1. The molecule has 1 N–H and O–H groups in total. The van der Waals surface area contributed by atoms with Gasteiger partial charge in [0.15, 0.2) is 0 Å². The minimum Gasteiger partial charge on any atom is -0.392 e. The molecule has 0 spiro atoms. The number of anilines is 1. The third kappa shape index (κ3) is 3.84. The fraction of sp³-hybridized carbons (Fsp3) is 0.571. The van der Waals surface area contributed by atoms with Gasteiger partial charge in [-0.05, 0) is 19.4 Å². The van der Waals surface area contributed by atoms with Gasteiger partial charge in [-0.25, -0.2) is 0 Å². The molecule has 0 unspecified atom stereocenters. The van der Waals surface area contributed by atoms with Gasteiger partial charge in [-0.3, -0.25) is 15.0 Å². The van der Waals surface area contributed by atoms with Crippen LogP contribution in [0.5, 0.6) is 0 Å². The van der Waals surface area contributed by atoms with E-state index in [1.807, 2.05) is 6.92 Å². The van der Waals surface area contributed by atoms with E-state index in [2.05, 4.69) is 9.80 Å². The number of nitro groups is 1.